The van der Waals surface area contributed by atoms with Crippen LogP contribution in [0.15, 0.2) is 82.8 Å². The van der Waals surface area contributed by atoms with Crippen LogP contribution < -0.4 is 5.43 Å². The van der Waals surface area contributed by atoms with E-state index in [0.29, 0.717) is 5.56 Å². The second-order valence-electron chi connectivity index (χ2n) is 4.70. The van der Waals surface area contributed by atoms with Crippen LogP contribution in [0.25, 0.3) is 11.8 Å². The van der Waals surface area contributed by atoms with Crippen molar-refractivity contribution in [3.05, 3.63) is 84.6 Å². The van der Waals surface area contributed by atoms with Crippen molar-refractivity contribution in [1.82, 2.24) is 9.99 Å². The first-order valence-corrected chi connectivity index (χ1v) is 7.10. The van der Waals surface area contributed by atoms with Gasteiger partial charge in [0.15, 0.2) is 0 Å². The lowest BCUT2D eigenvalue weighted by Crippen LogP contribution is -2.19. The molecule has 5 heteroatoms. The van der Waals surface area contributed by atoms with Crippen LogP contribution in [0.5, 0.6) is 0 Å². The highest BCUT2D eigenvalue weighted by molar-refractivity contribution is 5.98. The second kappa shape index (κ2) is 7.09. The van der Waals surface area contributed by atoms with Gasteiger partial charge in [-0.3, -0.25) is 4.79 Å². The third-order valence-corrected chi connectivity index (χ3v) is 3.16. The summed E-state index contributed by atoms with van der Waals surface area (Å²) in [5.41, 5.74) is 3.87. The molecule has 5 nitrogen and oxygen atoms in total. The Morgan fingerprint density at radius 1 is 1.09 bits per heavy atom. The minimum absolute atomic E-state index is 0.267. The van der Waals surface area contributed by atoms with Gasteiger partial charge in [-0.05, 0) is 48.6 Å². The summed E-state index contributed by atoms with van der Waals surface area (Å²) in [5, 5.41) is 3.91. The van der Waals surface area contributed by atoms with E-state index in [1.165, 1.54) is 6.21 Å². The molecule has 3 rings (SSSR count). The van der Waals surface area contributed by atoms with Crippen molar-refractivity contribution in [3.63, 3.8) is 0 Å². The summed E-state index contributed by atoms with van der Waals surface area (Å²) < 4.78 is 7.03. The SMILES string of the molecule is O=C(N/N=C\C=C\c1ccco1)c1ccccc1-n1cccc1. The van der Waals surface area contributed by atoms with Crippen LogP contribution in [-0.4, -0.2) is 16.7 Å². The van der Waals surface area contributed by atoms with E-state index in [-0.39, 0.29) is 5.91 Å². The van der Waals surface area contributed by atoms with E-state index in [1.807, 2.05) is 53.4 Å². The standard InChI is InChI=1S/C18H15N3O2/c22-18(20-19-11-5-7-15-8-6-14-23-15)16-9-1-2-10-17(16)21-12-3-4-13-21/h1-14H,(H,20,22)/b7-5+,19-11-. The highest BCUT2D eigenvalue weighted by Gasteiger charge is 2.10. The molecular weight excluding hydrogens is 290 g/mol. The topological polar surface area (TPSA) is 59.5 Å². The van der Waals surface area contributed by atoms with Crippen LogP contribution in [0.2, 0.25) is 0 Å². The van der Waals surface area contributed by atoms with Crippen LogP contribution in [-0.2, 0) is 0 Å². The van der Waals surface area contributed by atoms with Crippen LogP contribution >= 0.6 is 0 Å². The van der Waals surface area contributed by atoms with Gasteiger partial charge < -0.3 is 8.98 Å². The number of carbonyl (C=O) groups excluding carboxylic acids is 1. The average molecular weight is 305 g/mol. The maximum Gasteiger partial charge on any atom is 0.273 e. The fourth-order valence-electron chi connectivity index (χ4n) is 2.11. The molecule has 114 valence electrons. The molecule has 0 radical (unpaired) electrons. The van der Waals surface area contributed by atoms with Crippen molar-refractivity contribution in [2.75, 3.05) is 0 Å². The molecule has 0 bridgehead atoms. The zero-order chi connectivity index (χ0) is 15.9. The summed E-state index contributed by atoms with van der Waals surface area (Å²) in [5.74, 6) is 0.456. The molecule has 0 fully saturated rings. The van der Waals surface area contributed by atoms with Gasteiger partial charge in [-0.25, -0.2) is 5.43 Å². The van der Waals surface area contributed by atoms with Gasteiger partial charge in [0.05, 0.1) is 17.5 Å². The summed E-state index contributed by atoms with van der Waals surface area (Å²) in [4.78, 5) is 12.3. The largest absolute Gasteiger partial charge is 0.465 e. The van der Waals surface area contributed by atoms with Gasteiger partial charge in [-0.15, -0.1) is 0 Å². The number of rotatable bonds is 5. The molecule has 0 aliphatic heterocycles. The molecular formula is C18H15N3O2. The Bertz CT molecular complexity index is 816. The molecule has 0 saturated heterocycles. The van der Waals surface area contributed by atoms with Gasteiger partial charge in [-0.2, -0.15) is 5.10 Å². The lowest BCUT2D eigenvalue weighted by Gasteiger charge is -2.08. The predicted molar refractivity (Wildman–Crippen MR) is 89.5 cm³/mol. The molecule has 2 aromatic heterocycles. The summed E-state index contributed by atoms with van der Waals surface area (Å²) in [6.45, 7) is 0. The Morgan fingerprint density at radius 3 is 2.70 bits per heavy atom. The van der Waals surface area contributed by atoms with Crippen LogP contribution in [0.1, 0.15) is 16.1 Å². The predicted octanol–water partition coefficient (Wildman–Crippen LogP) is 3.50. The fraction of sp³-hybridized carbons (Fsp3) is 0. The monoisotopic (exact) mass is 305 g/mol. The number of carbonyl (C=O) groups is 1. The van der Waals surface area contributed by atoms with Crippen molar-refractivity contribution in [2.45, 2.75) is 0 Å². The van der Waals surface area contributed by atoms with Crippen molar-refractivity contribution in [2.24, 2.45) is 5.10 Å². The number of aromatic nitrogens is 1. The Balaban J connectivity index is 1.67. The molecule has 0 saturated carbocycles. The van der Waals surface area contributed by atoms with Crippen molar-refractivity contribution in [3.8, 4) is 5.69 Å². The molecule has 1 N–H and O–H groups in total. The zero-order valence-electron chi connectivity index (χ0n) is 12.3. The highest BCUT2D eigenvalue weighted by atomic mass is 16.3. The van der Waals surface area contributed by atoms with Crippen molar-refractivity contribution >= 4 is 18.2 Å². The minimum Gasteiger partial charge on any atom is -0.465 e. The van der Waals surface area contributed by atoms with Gasteiger partial charge in [0.25, 0.3) is 5.91 Å². The number of allylic oxidation sites excluding steroid dienone is 1. The Kier molecular flexibility index (Phi) is 4.49. The molecule has 0 aliphatic rings. The van der Waals surface area contributed by atoms with Crippen molar-refractivity contribution in [1.29, 1.82) is 0 Å². The molecule has 0 aliphatic carbocycles. The van der Waals surface area contributed by atoms with Gasteiger partial charge in [0.1, 0.15) is 5.76 Å². The third kappa shape index (κ3) is 3.65. The highest BCUT2D eigenvalue weighted by Crippen LogP contribution is 2.14. The number of hydrazone groups is 1. The second-order valence-corrected chi connectivity index (χ2v) is 4.70. The number of amides is 1. The van der Waals surface area contributed by atoms with Crippen LogP contribution in [0, 0.1) is 0 Å². The third-order valence-electron chi connectivity index (χ3n) is 3.16. The number of para-hydroxylation sites is 1. The van der Waals surface area contributed by atoms with E-state index >= 15 is 0 Å². The Morgan fingerprint density at radius 2 is 1.91 bits per heavy atom. The molecule has 2 heterocycles. The molecule has 3 aromatic rings. The summed E-state index contributed by atoms with van der Waals surface area (Å²) in [6, 6.07) is 14.8. The minimum atomic E-state index is -0.267. The first kappa shape index (κ1) is 14.6. The Hall–Kier alpha value is -3.34. The smallest absolute Gasteiger partial charge is 0.273 e. The maximum absolute atomic E-state index is 12.3. The molecule has 1 amide bonds. The molecule has 1 aromatic carbocycles. The number of hydrogen-bond donors (Lipinski definition) is 1. The fourth-order valence-corrected chi connectivity index (χ4v) is 2.11. The van der Waals surface area contributed by atoms with Crippen molar-refractivity contribution < 1.29 is 9.21 Å². The van der Waals surface area contributed by atoms with Gasteiger partial charge in [-0.1, -0.05) is 12.1 Å². The number of benzene rings is 1. The normalized spacial score (nSPS) is 11.3. The van der Waals surface area contributed by atoms with Crippen LogP contribution in [0.3, 0.4) is 0 Å². The first-order valence-electron chi connectivity index (χ1n) is 7.10. The van der Waals surface area contributed by atoms with E-state index in [9.17, 15) is 4.79 Å². The number of hydrogen-bond acceptors (Lipinski definition) is 3. The van der Waals surface area contributed by atoms with E-state index < -0.39 is 0 Å². The van der Waals surface area contributed by atoms with E-state index in [4.69, 9.17) is 4.42 Å². The average Bonchev–Trinajstić information content (AvgIpc) is 3.28. The van der Waals surface area contributed by atoms with Gasteiger partial charge in [0.2, 0.25) is 0 Å². The number of nitrogens with zero attached hydrogens (tertiary/aromatic N) is 2. The molecule has 23 heavy (non-hydrogen) atoms. The first-order chi connectivity index (χ1) is 11.3. The lowest BCUT2D eigenvalue weighted by molar-refractivity contribution is 0.0955. The zero-order valence-corrected chi connectivity index (χ0v) is 12.3. The molecule has 0 atom stereocenters. The number of furan rings is 1. The summed E-state index contributed by atoms with van der Waals surface area (Å²) >= 11 is 0. The van der Waals surface area contributed by atoms with Gasteiger partial charge in [0, 0.05) is 18.6 Å². The van der Waals surface area contributed by atoms with E-state index in [1.54, 1.807) is 30.5 Å². The summed E-state index contributed by atoms with van der Waals surface area (Å²) in [6.07, 6.45) is 10.3. The Labute approximate surface area is 133 Å². The maximum atomic E-state index is 12.3. The quantitative estimate of drug-likeness (QED) is 0.579. The van der Waals surface area contributed by atoms with E-state index in [2.05, 4.69) is 10.5 Å². The number of nitrogens with one attached hydrogen (secondary N) is 1. The van der Waals surface area contributed by atoms with E-state index in [0.717, 1.165) is 11.4 Å². The molecule has 0 spiro atoms. The lowest BCUT2D eigenvalue weighted by atomic mass is 10.1. The van der Waals surface area contributed by atoms with Gasteiger partial charge >= 0.3 is 0 Å². The van der Waals surface area contributed by atoms with Crippen LogP contribution in [0.4, 0.5) is 0 Å². The molecule has 0 unspecified atom stereocenters. The summed E-state index contributed by atoms with van der Waals surface area (Å²) in [7, 11) is 0.